The van der Waals surface area contributed by atoms with Crippen LogP contribution in [0.2, 0.25) is 0 Å². The second kappa shape index (κ2) is 5.60. The summed E-state index contributed by atoms with van der Waals surface area (Å²) in [7, 11) is 0. The lowest BCUT2D eigenvalue weighted by Crippen LogP contribution is -2.37. The Balaban J connectivity index is 1.99. The molecule has 0 saturated carbocycles. The average molecular weight is 253 g/mol. The van der Waals surface area contributed by atoms with Gasteiger partial charge in [0.15, 0.2) is 11.4 Å². The van der Waals surface area contributed by atoms with E-state index in [1.54, 1.807) is 6.20 Å². The Bertz CT molecular complexity index is 376. The molecule has 1 aliphatic rings. The number of thiazole rings is 1. The van der Waals surface area contributed by atoms with E-state index in [9.17, 15) is 4.79 Å². The first-order chi connectivity index (χ1) is 8.28. The number of aldehydes is 1. The molecule has 17 heavy (non-hydrogen) atoms. The lowest BCUT2D eigenvalue weighted by atomic mass is 10.2. The predicted octanol–water partition coefficient (Wildman–Crippen LogP) is 1.88. The maximum absolute atomic E-state index is 10.6. The molecule has 1 atom stereocenters. The van der Waals surface area contributed by atoms with E-state index in [4.69, 9.17) is 0 Å². The van der Waals surface area contributed by atoms with Crippen LogP contribution in [0.5, 0.6) is 0 Å². The lowest BCUT2D eigenvalue weighted by molar-refractivity contribution is 0.112. The van der Waals surface area contributed by atoms with Gasteiger partial charge in [-0.1, -0.05) is 25.2 Å². The van der Waals surface area contributed by atoms with E-state index in [2.05, 4.69) is 28.6 Å². The molecular weight excluding hydrogens is 234 g/mol. The van der Waals surface area contributed by atoms with Gasteiger partial charge in [0.25, 0.3) is 0 Å². The summed E-state index contributed by atoms with van der Waals surface area (Å²) in [4.78, 5) is 20.5. The van der Waals surface area contributed by atoms with Crippen LogP contribution in [0.25, 0.3) is 0 Å². The summed E-state index contributed by atoms with van der Waals surface area (Å²) in [5, 5.41) is 0.988. The van der Waals surface area contributed by atoms with Crippen LogP contribution in [0.15, 0.2) is 6.20 Å². The number of likely N-dealkylation sites (N-methyl/N-ethyl adjacent to an activating group) is 1. The van der Waals surface area contributed by atoms with E-state index in [1.165, 1.54) is 17.8 Å². The van der Waals surface area contributed by atoms with E-state index in [-0.39, 0.29) is 0 Å². The van der Waals surface area contributed by atoms with Crippen LogP contribution in [0.1, 0.15) is 29.9 Å². The molecular formula is C12H19N3OS. The van der Waals surface area contributed by atoms with Gasteiger partial charge in [-0.25, -0.2) is 4.98 Å². The van der Waals surface area contributed by atoms with Gasteiger partial charge in [-0.05, 0) is 19.5 Å². The zero-order chi connectivity index (χ0) is 12.3. The highest BCUT2D eigenvalue weighted by atomic mass is 32.1. The quantitative estimate of drug-likeness (QED) is 0.751. The zero-order valence-corrected chi connectivity index (χ0v) is 11.2. The molecule has 0 N–H and O–H groups in total. The van der Waals surface area contributed by atoms with E-state index >= 15 is 0 Å². The van der Waals surface area contributed by atoms with Crippen LogP contribution in [0.4, 0.5) is 5.13 Å². The molecule has 0 radical (unpaired) electrons. The van der Waals surface area contributed by atoms with Crippen molar-refractivity contribution in [3.8, 4) is 0 Å². The van der Waals surface area contributed by atoms with Crippen molar-refractivity contribution in [2.45, 2.75) is 26.3 Å². The summed E-state index contributed by atoms with van der Waals surface area (Å²) < 4.78 is 0. The van der Waals surface area contributed by atoms with Crippen LogP contribution in [-0.2, 0) is 0 Å². The van der Waals surface area contributed by atoms with Crippen LogP contribution < -0.4 is 4.90 Å². The largest absolute Gasteiger partial charge is 0.346 e. The third-order valence-corrected chi connectivity index (χ3v) is 4.37. The summed E-state index contributed by atoms with van der Waals surface area (Å²) in [6.07, 6.45) is 3.73. The molecule has 1 saturated heterocycles. The molecule has 1 fully saturated rings. The second-order valence-electron chi connectivity index (χ2n) is 4.27. The number of aromatic nitrogens is 1. The normalized spacial score (nSPS) is 20.2. The topological polar surface area (TPSA) is 36.4 Å². The van der Waals surface area contributed by atoms with Gasteiger partial charge in [-0.15, -0.1) is 0 Å². The highest BCUT2D eigenvalue weighted by molar-refractivity contribution is 7.17. The molecule has 0 spiro atoms. The summed E-state index contributed by atoms with van der Waals surface area (Å²) in [5.74, 6) is 0. The maximum atomic E-state index is 10.6. The Morgan fingerprint density at radius 3 is 2.94 bits per heavy atom. The first-order valence-electron chi connectivity index (χ1n) is 6.18. The van der Waals surface area contributed by atoms with Gasteiger partial charge in [0, 0.05) is 19.1 Å². The molecule has 1 unspecified atom stereocenters. The van der Waals surface area contributed by atoms with Crippen LogP contribution in [0, 0.1) is 0 Å². The van der Waals surface area contributed by atoms with E-state index in [0.29, 0.717) is 10.9 Å². The highest BCUT2D eigenvalue weighted by Gasteiger charge is 2.27. The average Bonchev–Trinajstić information content (AvgIpc) is 2.98. The van der Waals surface area contributed by atoms with Crippen molar-refractivity contribution in [2.75, 3.05) is 31.1 Å². The third-order valence-electron chi connectivity index (χ3n) is 3.39. The second-order valence-corrected chi connectivity index (χ2v) is 5.31. The molecule has 1 aromatic heterocycles. The third kappa shape index (κ3) is 2.66. The first-order valence-corrected chi connectivity index (χ1v) is 7.00. The highest BCUT2D eigenvalue weighted by Crippen LogP contribution is 2.26. The molecule has 0 bridgehead atoms. The molecule has 5 heteroatoms. The first kappa shape index (κ1) is 12.5. The number of hydrogen-bond acceptors (Lipinski definition) is 5. The maximum Gasteiger partial charge on any atom is 0.185 e. The Kier molecular flexibility index (Phi) is 4.12. The molecule has 0 amide bonds. The molecule has 4 nitrogen and oxygen atoms in total. The predicted molar refractivity (Wildman–Crippen MR) is 71.0 cm³/mol. The van der Waals surface area contributed by atoms with Gasteiger partial charge in [0.2, 0.25) is 0 Å². The minimum Gasteiger partial charge on any atom is -0.346 e. The standard InChI is InChI=1S/C12H19N3OS/c1-3-14(4-2)10-5-6-15(8-10)12-13-7-11(9-16)17-12/h7,9-10H,3-6,8H2,1-2H3. The van der Waals surface area contributed by atoms with Gasteiger partial charge in [0.05, 0.1) is 11.1 Å². The minimum absolute atomic E-state index is 0.633. The Morgan fingerprint density at radius 1 is 1.59 bits per heavy atom. The molecule has 1 aliphatic heterocycles. The van der Waals surface area contributed by atoms with Crippen molar-refractivity contribution in [2.24, 2.45) is 0 Å². The Hall–Kier alpha value is -0.940. The van der Waals surface area contributed by atoms with Crippen molar-refractivity contribution in [1.29, 1.82) is 0 Å². The summed E-state index contributed by atoms with van der Waals surface area (Å²) in [6.45, 7) is 8.71. The van der Waals surface area contributed by atoms with Crippen molar-refractivity contribution in [3.63, 3.8) is 0 Å². The fraction of sp³-hybridized carbons (Fsp3) is 0.667. The van der Waals surface area contributed by atoms with Gasteiger partial charge in [-0.3, -0.25) is 9.69 Å². The fourth-order valence-electron chi connectivity index (χ4n) is 2.43. The number of carbonyl (C=O) groups excluding carboxylic acids is 1. The van der Waals surface area contributed by atoms with Gasteiger partial charge >= 0.3 is 0 Å². The molecule has 2 heterocycles. The minimum atomic E-state index is 0.633. The summed E-state index contributed by atoms with van der Waals surface area (Å²) in [6, 6.07) is 0.633. The van der Waals surface area contributed by atoms with Crippen LogP contribution >= 0.6 is 11.3 Å². The van der Waals surface area contributed by atoms with E-state index in [1.807, 2.05) is 0 Å². The Morgan fingerprint density at radius 2 is 2.35 bits per heavy atom. The molecule has 0 aliphatic carbocycles. The van der Waals surface area contributed by atoms with E-state index < -0.39 is 0 Å². The van der Waals surface area contributed by atoms with Crippen molar-refractivity contribution in [1.82, 2.24) is 9.88 Å². The van der Waals surface area contributed by atoms with Crippen LogP contribution in [-0.4, -0.2) is 48.4 Å². The van der Waals surface area contributed by atoms with Gasteiger partial charge in [0.1, 0.15) is 0 Å². The van der Waals surface area contributed by atoms with Crippen LogP contribution in [0.3, 0.4) is 0 Å². The number of rotatable bonds is 5. The number of carbonyl (C=O) groups is 1. The van der Waals surface area contributed by atoms with Crippen molar-refractivity contribution >= 4 is 22.8 Å². The van der Waals surface area contributed by atoms with Gasteiger partial charge in [-0.2, -0.15) is 0 Å². The number of nitrogens with zero attached hydrogens (tertiary/aromatic N) is 3. The van der Waals surface area contributed by atoms with Gasteiger partial charge < -0.3 is 4.90 Å². The summed E-state index contributed by atoms with van der Waals surface area (Å²) in [5.41, 5.74) is 0. The molecule has 1 aromatic rings. The SMILES string of the molecule is CCN(CC)C1CCN(c2ncc(C=O)s2)C1. The zero-order valence-electron chi connectivity index (χ0n) is 10.4. The number of anilines is 1. The Labute approximate surface area is 106 Å². The van der Waals surface area contributed by atoms with Crippen molar-refractivity contribution in [3.05, 3.63) is 11.1 Å². The molecule has 94 valence electrons. The van der Waals surface area contributed by atoms with Crippen molar-refractivity contribution < 1.29 is 4.79 Å². The molecule has 0 aromatic carbocycles. The fourth-order valence-corrected chi connectivity index (χ4v) is 3.20. The van der Waals surface area contributed by atoms with E-state index in [0.717, 1.165) is 37.6 Å². The number of hydrogen-bond donors (Lipinski definition) is 0. The lowest BCUT2D eigenvalue weighted by Gasteiger charge is -2.25. The molecule has 2 rings (SSSR count). The smallest absolute Gasteiger partial charge is 0.185 e. The summed E-state index contributed by atoms with van der Waals surface area (Å²) >= 11 is 1.49. The monoisotopic (exact) mass is 253 g/mol.